The van der Waals surface area contributed by atoms with Gasteiger partial charge < -0.3 is 5.32 Å². The average molecular weight is 193 g/mol. The Labute approximate surface area is 84.3 Å². The minimum Gasteiger partial charge on any atom is -0.313 e. The highest BCUT2D eigenvalue weighted by molar-refractivity contribution is 5.39. The number of benzene rings is 1. The fourth-order valence-corrected chi connectivity index (χ4v) is 2.35. The predicted octanol–water partition coefficient (Wildman–Crippen LogP) is 2.73. The van der Waals surface area contributed by atoms with Crippen LogP contribution in [0.25, 0.3) is 0 Å². The lowest BCUT2D eigenvalue weighted by molar-refractivity contribution is 0.490. The standard InChI is InChI=1S/C12H16FN/c1-8-9-4-3-5-12(14-2)10(9)6-7-11(8)13/h6-7,12,14H,3-5H2,1-2H3. The number of hydrogen-bond donors (Lipinski definition) is 1. The molecule has 76 valence electrons. The summed E-state index contributed by atoms with van der Waals surface area (Å²) < 4.78 is 13.3. The maximum atomic E-state index is 13.3. The molecule has 0 fully saturated rings. The Morgan fingerprint density at radius 2 is 2.21 bits per heavy atom. The molecular formula is C12H16FN. The van der Waals surface area contributed by atoms with Gasteiger partial charge in [-0.05, 0) is 56.0 Å². The van der Waals surface area contributed by atoms with Crippen molar-refractivity contribution in [2.24, 2.45) is 0 Å². The van der Waals surface area contributed by atoms with Crippen LogP contribution in [0, 0.1) is 12.7 Å². The van der Waals surface area contributed by atoms with Crippen LogP contribution in [0.1, 0.15) is 35.6 Å². The molecule has 0 saturated heterocycles. The molecule has 0 spiro atoms. The van der Waals surface area contributed by atoms with Crippen molar-refractivity contribution in [1.29, 1.82) is 0 Å². The van der Waals surface area contributed by atoms with E-state index in [2.05, 4.69) is 5.32 Å². The predicted molar refractivity (Wildman–Crippen MR) is 55.9 cm³/mol. The molecule has 0 heterocycles. The average Bonchev–Trinajstić information content (AvgIpc) is 2.23. The summed E-state index contributed by atoms with van der Waals surface area (Å²) in [5, 5.41) is 3.28. The fraction of sp³-hybridized carbons (Fsp3) is 0.500. The van der Waals surface area contributed by atoms with E-state index >= 15 is 0 Å². The Hall–Kier alpha value is -0.890. The summed E-state index contributed by atoms with van der Waals surface area (Å²) in [5.41, 5.74) is 3.34. The molecule has 0 amide bonds. The maximum absolute atomic E-state index is 13.3. The van der Waals surface area contributed by atoms with Gasteiger partial charge in [0.25, 0.3) is 0 Å². The summed E-state index contributed by atoms with van der Waals surface area (Å²) in [6.07, 6.45) is 3.34. The van der Waals surface area contributed by atoms with Gasteiger partial charge in [-0.3, -0.25) is 0 Å². The summed E-state index contributed by atoms with van der Waals surface area (Å²) in [5.74, 6) is -0.0690. The zero-order valence-corrected chi connectivity index (χ0v) is 8.73. The van der Waals surface area contributed by atoms with E-state index in [0.717, 1.165) is 24.8 Å². The largest absolute Gasteiger partial charge is 0.313 e. The van der Waals surface area contributed by atoms with Crippen molar-refractivity contribution in [1.82, 2.24) is 5.32 Å². The molecule has 1 aromatic carbocycles. The number of hydrogen-bond acceptors (Lipinski definition) is 1. The SMILES string of the molecule is CNC1CCCc2c1ccc(F)c2C. The van der Waals surface area contributed by atoms with Crippen LogP contribution in [-0.2, 0) is 6.42 Å². The Balaban J connectivity index is 2.50. The highest BCUT2D eigenvalue weighted by atomic mass is 19.1. The first-order valence-electron chi connectivity index (χ1n) is 5.19. The smallest absolute Gasteiger partial charge is 0.126 e. The second-order valence-electron chi connectivity index (χ2n) is 3.97. The van der Waals surface area contributed by atoms with Crippen molar-refractivity contribution in [2.75, 3.05) is 7.05 Å². The summed E-state index contributed by atoms with van der Waals surface area (Å²) >= 11 is 0. The van der Waals surface area contributed by atoms with E-state index in [9.17, 15) is 4.39 Å². The van der Waals surface area contributed by atoms with Crippen LogP contribution in [0.4, 0.5) is 4.39 Å². The first-order valence-corrected chi connectivity index (χ1v) is 5.19. The fourth-order valence-electron chi connectivity index (χ4n) is 2.35. The van der Waals surface area contributed by atoms with Crippen molar-refractivity contribution in [3.8, 4) is 0 Å². The number of halogens is 1. The summed E-state index contributed by atoms with van der Waals surface area (Å²) in [6.45, 7) is 1.88. The molecule has 0 aromatic heterocycles. The summed E-state index contributed by atoms with van der Waals surface area (Å²) in [7, 11) is 1.97. The van der Waals surface area contributed by atoms with Gasteiger partial charge in [0.1, 0.15) is 5.82 Å². The third-order valence-corrected chi connectivity index (χ3v) is 3.21. The van der Waals surface area contributed by atoms with Gasteiger partial charge in [-0.2, -0.15) is 0 Å². The van der Waals surface area contributed by atoms with E-state index in [1.165, 1.54) is 11.1 Å². The maximum Gasteiger partial charge on any atom is 0.126 e. The lowest BCUT2D eigenvalue weighted by Crippen LogP contribution is -2.22. The molecule has 0 radical (unpaired) electrons. The van der Waals surface area contributed by atoms with Crippen molar-refractivity contribution < 1.29 is 4.39 Å². The van der Waals surface area contributed by atoms with Crippen LogP contribution in [0.15, 0.2) is 12.1 Å². The van der Waals surface area contributed by atoms with Gasteiger partial charge in [-0.15, -0.1) is 0 Å². The minimum absolute atomic E-state index is 0.0690. The van der Waals surface area contributed by atoms with Crippen LogP contribution >= 0.6 is 0 Å². The number of rotatable bonds is 1. The normalized spacial score (nSPS) is 20.6. The van der Waals surface area contributed by atoms with Gasteiger partial charge in [0.05, 0.1) is 0 Å². The van der Waals surface area contributed by atoms with E-state index < -0.39 is 0 Å². The van der Waals surface area contributed by atoms with Gasteiger partial charge in [-0.1, -0.05) is 6.07 Å². The molecule has 14 heavy (non-hydrogen) atoms. The van der Waals surface area contributed by atoms with Crippen LogP contribution in [0.2, 0.25) is 0 Å². The zero-order valence-electron chi connectivity index (χ0n) is 8.73. The molecule has 2 heteroatoms. The monoisotopic (exact) mass is 193 g/mol. The van der Waals surface area contributed by atoms with E-state index in [-0.39, 0.29) is 5.82 Å². The molecule has 0 saturated carbocycles. The third kappa shape index (κ3) is 1.44. The minimum atomic E-state index is -0.0690. The van der Waals surface area contributed by atoms with Gasteiger partial charge >= 0.3 is 0 Å². The van der Waals surface area contributed by atoms with E-state index in [0.29, 0.717) is 6.04 Å². The first-order chi connectivity index (χ1) is 6.74. The molecule has 2 rings (SSSR count). The molecule has 1 atom stereocenters. The van der Waals surface area contributed by atoms with Crippen molar-refractivity contribution in [3.63, 3.8) is 0 Å². The molecule has 1 aromatic rings. The van der Waals surface area contributed by atoms with E-state index in [1.807, 2.05) is 20.0 Å². The molecule has 0 bridgehead atoms. The molecule has 1 N–H and O–H groups in total. The molecule has 0 aliphatic heterocycles. The molecule has 1 nitrogen and oxygen atoms in total. The first kappa shape index (κ1) is 9.66. The lowest BCUT2D eigenvalue weighted by atomic mass is 9.85. The van der Waals surface area contributed by atoms with Crippen molar-refractivity contribution in [3.05, 3.63) is 34.6 Å². The van der Waals surface area contributed by atoms with E-state index in [4.69, 9.17) is 0 Å². The van der Waals surface area contributed by atoms with Crippen LogP contribution < -0.4 is 5.32 Å². The van der Waals surface area contributed by atoms with Gasteiger partial charge in [0, 0.05) is 6.04 Å². The van der Waals surface area contributed by atoms with Gasteiger partial charge in [0.2, 0.25) is 0 Å². The van der Waals surface area contributed by atoms with Gasteiger partial charge in [0.15, 0.2) is 0 Å². The molecule has 1 aliphatic rings. The summed E-state index contributed by atoms with van der Waals surface area (Å²) in [4.78, 5) is 0. The number of nitrogens with one attached hydrogen (secondary N) is 1. The van der Waals surface area contributed by atoms with Crippen molar-refractivity contribution >= 4 is 0 Å². The van der Waals surface area contributed by atoms with Crippen LogP contribution in [0.3, 0.4) is 0 Å². The lowest BCUT2D eigenvalue weighted by Gasteiger charge is -2.26. The zero-order chi connectivity index (χ0) is 10.1. The Morgan fingerprint density at radius 3 is 2.93 bits per heavy atom. The Bertz CT molecular complexity index is 346. The van der Waals surface area contributed by atoms with Crippen LogP contribution in [-0.4, -0.2) is 7.05 Å². The topological polar surface area (TPSA) is 12.0 Å². The third-order valence-electron chi connectivity index (χ3n) is 3.21. The molecule has 1 aliphatic carbocycles. The van der Waals surface area contributed by atoms with Crippen LogP contribution in [0.5, 0.6) is 0 Å². The highest BCUT2D eigenvalue weighted by Crippen LogP contribution is 2.32. The van der Waals surface area contributed by atoms with Crippen molar-refractivity contribution in [2.45, 2.75) is 32.2 Å². The quantitative estimate of drug-likeness (QED) is 0.723. The summed E-state index contributed by atoms with van der Waals surface area (Å²) in [6, 6.07) is 3.93. The highest BCUT2D eigenvalue weighted by Gasteiger charge is 2.20. The Kier molecular flexibility index (Phi) is 2.55. The Morgan fingerprint density at radius 1 is 1.43 bits per heavy atom. The molecule has 1 unspecified atom stereocenters. The number of fused-ring (bicyclic) bond motifs is 1. The van der Waals surface area contributed by atoms with E-state index in [1.54, 1.807) is 6.07 Å². The second kappa shape index (κ2) is 3.70. The van der Waals surface area contributed by atoms with Gasteiger partial charge in [-0.25, -0.2) is 4.39 Å². The molecular weight excluding hydrogens is 177 g/mol. The second-order valence-corrected chi connectivity index (χ2v) is 3.97.